The Morgan fingerprint density at radius 2 is 1.97 bits per heavy atom. The van der Waals surface area contributed by atoms with Gasteiger partial charge < -0.3 is 4.74 Å². The summed E-state index contributed by atoms with van der Waals surface area (Å²) in [5, 5.41) is 2.98. The van der Waals surface area contributed by atoms with Gasteiger partial charge in [0.25, 0.3) is 0 Å². The van der Waals surface area contributed by atoms with Gasteiger partial charge in [-0.2, -0.15) is 0 Å². The van der Waals surface area contributed by atoms with Crippen LogP contribution in [0.4, 0.5) is 4.53 Å². The number of thiazole rings is 1. The van der Waals surface area contributed by atoms with E-state index in [4.69, 9.17) is 27.9 Å². The molecule has 6 nitrogen and oxygen atoms in total. The van der Waals surface area contributed by atoms with Crippen molar-refractivity contribution in [2.24, 2.45) is 0 Å². The SMILES string of the molecule is CC(C)(Sc1nc(CCOC2=CC=C(c3cc(Cl)cc(Cl)c3)NN2)cs1)C(=O)OF. The van der Waals surface area contributed by atoms with Gasteiger partial charge in [-0.1, -0.05) is 35.0 Å². The fourth-order valence-electron chi connectivity index (χ4n) is 2.40. The van der Waals surface area contributed by atoms with Crippen LogP contribution in [0, 0.1) is 0 Å². The van der Waals surface area contributed by atoms with Crippen molar-refractivity contribution in [3.63, 3.8) is 0 Å². The molecule has 0 amide bonds. The number of halogens is 3. The van der Waals surface area contributed by atoms with Crippen molar-refractivity contribution in [1.82, 2.24) is 15.8 Å². The Bertz CT molecular complexity index is 975. The van der Waals surface area contributed by atoms with E-state index in [0.717, 1.165) is 28.7 Å². The molecule has 1 aromatic heterocycles. The molecule has 2 N–H and O–H groups in total. The van der Waals surface area contributed by atoms with Gasteiger partial charge in [-0.3, -0.25) is 15.8 Å². The zero-order valence-corrected chi connectivity index (χ0v) is 19.1. The van der Waals surface area contributed by atoms with E-state index >= 15 is 0 Å². The van der Waals surface area contributed by atoms with E-state index in [1.807, 2.05) is 11.5 Å². The number of allylic oxidation sites excluding steroid dienone is 2. The molecule has 0 unspecified atom stereocenters. The Morgan fingerprint density at radius 3 is 2.60 bits per heavy atom. The third-order valence-electron chi connectivity index (χ3n) is 3.95. The average Bonchev–Trinajstić information content (AvgIpc) is 3.13. The highest BCUT2D eigenvalue weighted by molar-refractivity contribution is 8.03. The second kappa shape index (κ2) is 9.91. The van der Waals surface area contributed by atoms with Gasteiger partial charge in [0.15, 0.2) is 4.34 Å². The molecule has 0 radical (unpaired) electrons. The molecule has 1 aliphatic rings. The molecule has 1 aromatic carbocycles. The number of benzene rings is 1. The number of carbonyl (C=O) groups is 1. The number of nitrogens with one attached hydrogen (secondary N) is 2. The lowest BCUT2D eigenvalue weighted by atomic mass is 10.1. The molecule has 30 heavy (non-hydrogen) atoms. The topological polar surface area (TPSA) is 72.5 Å². The van der Waals surface area contributed by atoms with Gasteiger partial charge in [0.2, 0.25) is 5.88 Å². The lowest BCUT2D eigenvalue weighted by molar-refractivity contribution is -0.185. The van der Waals surface area contributed by atoms with Crippen LogP contribution in [0.1, 0.15) is 25.1 Å². The first kappa shape index (κ1) is 22.7. The zero-order valence-electron chi connectivity index (χ0n) is 16.0. The average molecular weight is 490 g/mol. The largest absolute Gasteiger partial charge is 0.478 e. The van der Waals surface area contributed by atoms with Gasteiger partial charge >= 0.3 is 5.97 Å². The third-order valence-corrected chi connectivity index (χ3v) is 6.55. The van der Waals surface area contributed by atoms with Crippen molar-refractivity contribution < 1.29 is 19.0 Å². The van der Waals surface area contributed by atoms with Crippen molar-refractivity contribution in [1.29, 1.82) is 0 Å². The third kappa shape index (κ3) is 6.04. The number of hydrogen-bond acceptors (Lipinski definition) is 8. The number of thioether (sulfide) groups is 1. The highest BCUT2D eigenvalue weighted by atomic mass is 35.5. The number of rotatable bonds is 8. The van der Waals surface area contributed by atoms with Crippen molar-refractivity contribution in [2.45, 2.75) is 29.4 Å². The molecular weight excluding hydrogens is 472 g/mol. The summed E-state index contributed by atoms with van der Waals surface area (Å²) in [5.41, 5.74) is 8.50. The minimum Gasteiger partial charge on any atom is -0.478 e. The molecule has 0 fully saturated rings. The maximum absolute atomic E-state index is 12.2. The van der Waals surface area contributed by atoms with Crippen LogP contribution in [0.25, 0.3) is 5.70 Å². The van der Waals surface area contributed by atoms with Gasteiger partial charge in [-0.05, 0) is 38.1 Å². The summed E-state index contributed by atoms with van der Waals surface area (Å²) in [6.07, 6.45) is 4.23. The molecule has 0 bridgehead atoms. The summed E-state index contributed by atoms with van der Waals surface area (Å²) in [7, 11) is 0. The van der Waals surface area contributed by atoms with Crippen LogP contribution in [0.2, 0.25) is 10.0 Å². The first-order chi connectivity index (χ1) is 14.3. The number of nitrogens with zero attached hydrogens (tertiary/aromatic N) is 1. The van der Waals surface area contributed by atoms with E-state index in [1.54, 1.807) is 38.1 Å². The number of hydrogen-bond donors (Lipinski definition) is 2. The molecule has 0 atom stereocenters. The smallest absolute Gasteiger partial charge is 0.364 e. The fraction of sp³-hybridized carbons (Fsp3) is 0.263. The summed E-state index contributed by atoms with van der Waals surface area (Å²) in [4.78, 5) is 19.2. The Hall–Kier alpha value is -1.94. The van der Waals surface area contributed by atoms with Crippen LogP contribution in [0.5, 0.6) is 0 Å². The highest BCUT2D eigenvalue weighted by Gasteiger charge is 2.33. The normalized spacial score (nSPS) is 13.6. The van der Waals surface area contributed by atoms with Crippen LogP contribution in [-0.4, -0.2) is 22.3 Å². The molecule has 1 aliphatic heterocycles. The Morgan fingerprint density at radius 1 is 1.23 bits per heavy atom. The van der Waals surface area contributed by atoms with E-state index in [0.29, 0.717) is 33.3 Å². The highest BCUT2D eigenvalue weighted by Crippen LogP contribution is 2.35. The van der Waals surface area contributed by atoms with Gasteiger partial charge in [-0.15, -0.1) is 11.3 Å². The Kier molecular flexibility index (Phi) is 7.51. The lowest BCUT2D eigenvalue weighted by Crippen LogP contribution is -2.33. The van der Waals surface area contributed by atoms with Gasteiger partial charge in [0.1, 0.15) is 4.75 Å². The summed E-state index contributed by atoms with van der Waals surface area (Å²) in [6, 6.07) is 5.28. The Balaban J connectivity index is 1.51. The molecule has 0 saturated heterocycles. The number of ether oxygens (including phenoxy) is 1. The standard InChI is InChI=1S/C19H18Cl2FN3O3S2/c1-19(2,17(26)28-22)30-18-23-14(10-29-18)5-6-27-16-4-3-15(24-25-16)11-7-12(20)9-13(21)8-11/h3-4,7-10,24-25H,5-6H2,1-2H3. The van der Waals surface area contributed by atoms with E-state index in [1.165, 1.54) is 11.3 Å². The maximum Gasteiger partial charge on any atom is 0.364 e. The van der Waals surface area contributed by atoms with Crippen molar-refractivity contribution >= 4 is 58.0 Å². The van der Waals surface area contributed by atoms with Crippen LogP contribution >= 0.6 is 46.3 Å². The summed E-state index contributed by atoms with van der Waals surface area (Å²) in [6.45, 7) is 3.56. The van der Waals surface area contributed by atoms with E-state index in [-0.39, 0.29) is 0 Å². The van der Waals surface area contributed by atoms with Crippen molar-refractivity contribution in [2.75, 3.05) is 6.61 Å². The number of hydrazine groups is 1. The van der Waals surface area contributed by atoms with E-state index < -0.39 is 10.7 Å². The molecule has 2 aromatic rings. The summed E-state index contributed by atoms with van der Waals surface area (Å²) in [5.74, 6) is -0.383. The zero-order chi connectivity index (χ0) is 21.7. The summed E-state index contributed by atoms with van der Waals surface area (Å²) >= 11 is 14.6. The Labute approximate surface area is 191 Å². The van der Waals surface area contributed by atoms with Crippen LogP contribution in [0.15, 0.2) is 46.0 Å². The molecule has 160 valence electrons. The van der Waals surface area contributed by atoms with Crippen LogP contribution < -0.4 is 10.9 Å². The molecule has 3 rings (SSSR count). The first-order valence-electron chi connectivity index (χ1n) is 8.76. The minimum atomic E-state index is -1.06. The molecule has 11 heteroatoms. The second-order valence-corrected chi connectivity index (χ2v) is 10.3. The van der Waals surface area contributed by atoms with Gasteiger partial charge in [0, 0.05) is 38.0 Å². The van der Waals surface area contributed by atoms with Crippen LogP contribution in [0.3, 0.4) is 0 Å². The number of aromatic nitrogens is 1. The molecular formula is C19H18Cl2FN3O3S2. The van der Waals surface area contributed by atoms with Gasteiger partial charge in [-0.25, -0.2) is 9.78 Å². The molecule has 0 aliphatic carbocycles. The molecule has 2 heterocycles. The molecule has 0 saturated carbocycles. The predicted molar refractivity (Wildman–Crippen MR) is 118 cm³/mol. The predicted octanol–water partition coefficient (Wildman–Crippen LogP) is 5.30. The van der Waals surface area contributed by atoms with Crippen LogP contribution in [-0.2, 0) is 20.9 Å². The van der Waals surface area contributed by atoms with Crippen molar-refractivity contribution in [3.05, 3.63) is 62.9 Å². The van der Waals surface area contributed by atoms with E-state index in [9.17, 15) is 9.32 Å². The van der Waals surface area contributed by atoms with E-state index in [2.05, 4.69) is 20.8 Å². The monoisotopic (exact) mass is 489 g/mol. The maximum atomic E-state index is 12.2. The number of carbonyl (C=O) groups excluding carboxylic acids is 1. The quantitative estimate of drug-likeness (QED) is 0.487. The molecule has 0 spiro atoms. The fourth-order valence-corrected chi connectivity index (χ4v) is 5.18. The minimum absolute atomic E-state index is 0.399. The first-order valence-corrected chi connectivity index (χ1v) is 11.2. The second-order valence-electron chi connectivity index (χ2n) is 6.70. The summed E-state index contributed by atoms with van der Waals surface area (Å²) < 4.78 is 17.5. The van der Waals surface area contributed by atoms with Crippen molar-refractivity contribution in [3.8, 4) is 0 Å². The van der Waals surface area contributed by atoms with Gasteiger partial charge in [0.05, 0.1) is 18.0 Å². The lowest BCUT2D eigenvalue weighted by Gasteiger charge is -2.20.